The molecule has 3 aromatic rings. The number of rotatable bonds is 4. The van der Waals surface area contributed by atoms with Gasteiger partial charge >= 0.3 is 5.97 Å². The van der Waals surface area contributed by atoms with Gasteiger partial charge in [-0.15, -0.1) is 0 Å². The number of aliphatic hydroxyl groups excluding tert-OH is 1. The van der Waals surface area contributed by atoms with Crippen molar-refractivity contribution in [3.63, 3.8) is 0 Å². The molecule has 8 nitrogen and oxygen atoms in total. The molecule has 4 rings (SSSR count). The molecule has 2 aromatic heterocycles. The topological polar surface area (TPSA) is 112 Å². The van der Waals surface area contributed by atoms with E-state index in [2.05, 4.69) is 9.97 Å². The van der Waals surface area contributed by atoms with Crippen LogP contribution in [0, 0.1) is 0 Å². The van der Waals surface area contributed by atoms with Gasteiger partial charge in [0.15, 0.2) is 5.82 Å². The molecule has 0 saturated carbocycles. The van der Waals surface area contributed by atoms with Gasteiger partial charge < -0.3 is 24.9 Å². The molecule has 142 valence electrons. The lowest BCUT2D eigenvalue weighted by Gasteiger charge is -2.37. The minimum absolute atomic E-state index is 0.255. The Labute approximate surface area is 155 Å². The number of para-hydroxylation sites is 1. The molecule has 3 heterocycles. The van der Waals surface area contributed by atoms with E-state index in [4.69, 9.17) is 15.2 Å². The number of carbonyl (C=O) groups excluding carboxylic acids is 1. The number of esters is 1. The molecule has 27 heavy (non-hydrogen) atoms. The van der Waals surface area contributed by atoms with E-state index in [1.165, 1.54) is 6.92 Å². The Morgan fingerprint density at radius 3 is 2.78 bits per heavy atom. The first kappa shape index (κ1) is 17.7. The lowest BCUT2D eigenvalue weighted by Crippen LogP contribution is -2.44. The molecule has 0 radical (unpaired) electrons. The van der Waals surface area contributed by atoms with E-state index in [0.717, 1.165) is 16.4 Å². The molecule has 0 unspecified atom stereocenters. The summed E-state index contributed by atoms with van der Waals surface area (Å²) in [6.45, 7) is 2.55. The van der Waals surface area contributed by atoms with E-state index in [1.54, 1.807) is 0 Å². The second-order valence-corrected chi connectivity index (χ2v) is 6.87. The second-order valence-electron chi connectivity index (χ2n) is 6.87. The molecule has 1 saturated heterocycles. The number of ether oxygens (including phenoxy) is 2. The van der Waals surface area contributed by atoms with Gasteiger partial charge in [0.1, 0.15) is 23.5 Å². The number of aromatic nitrogens is 3. The Balaban J connectivity index is 1.93. The van der Waals surface area contributed by atoms with Crippen LogP contribution in [0.5, 0.6) is 0 Å². The lowest BCUT2D eigenvalue weighted by molar-refractivity contribution is -0.169. The third-order valence-electron chi connectivity index (χ3n) is 5.04. The van der Waals surface area contributed by atoms with Crippen LogP contribution < -0.4 is 5.73 Å². The molecule has 8 heteroatoms. The number of hydrogen-bond donors (Lipinski definition) is 2. The van der Waals surface area contributed by atoms with E-state index < -0.39 is 5.60 Å². The molecule has 0 bridgehead atoms. The van der Waals surface area contributed by atoms with Gasteiger partial charge in [0, 0.05) is 25.2 Å². The van der Waals surface area contributed by atoms with Gasteiger partial charge in [-0.2, -0.15) is 0 Å². The van der Waals surface area contributed by atoms with Crippen molar-refractivity contribution in [1.82, 2.24) is 14.5 Å². The Morgan fingerprint density at radius 2 is 2.07 bits per heavy atom. The highest BCUT2D eigenvalue weighted by atomic mass is 16.6. The summed E-state index contributed by atoms with van der Waals surface area (Å²) in [5.41, 5.74) is 7.51. The maximum absolute atomic E-state index is 11.8. The highest BCUT2D eigenvalue weighted by Crippen LogP contribution is 2.33. The monoisotopic (exact) mass is 370 g/mol. The number of aliphatic hydroxyl groups is 1. The molecule has 1 aromatic carbocycles. The summed E-state index contributed by atoms with van der Waals surface area (Å²) in [7, 11) is 0. The normalized spacial score (nSPS) is 16.7. The van der Waals surface area contributed by atoms with Gasteiger partial charge in [-0.1, -0.05) is 18.2 Å². The number of benzene rings is 1. The first-order valence-corrected chi connectivity index (χ1v) is 8.94. The second kappa shape index (κ2) is 6.79. The Bertz CT molecular complexity index is 1010. The summed E-state index contributed by atoms with van der Waals surface area (Å²) in [6, 6.07) is 7.66. The van der Waals surface area contributed by atoms with E-state index in [-0.39, 0.29) is 12.6 Å². The summed E-state index contributed by atoms with van der Waals surface area (Å²) < 4.78 is 13.1. The molecule has 0 spiro atoms. The molecule has 1 aliphatic heterocycles. The van der Waals surface area contributed by atoms with Crippen LogP contribution in [-0.4, -0.2) is 44.4 Å². The molecule has 1 aliphatic rings. The average molecular weight is 370 g/mol. The SMILES string of the molecule is CC(=O)OC1(Cn2c(CO)nc3c(N)nc4ccccc4c32)CCOCC1. The van der Waals surface area contributed by atoms with Crippen LogP contribution in [-0.2, 0) is 27.4 Å². The maximum atomic E-state index is 11.8. The lowest BCUT2D eigenvalue weighted by atomic mass is 9.93. The first-order valence-electron chi connectivity index (χ1n) is 8.94. The average Bonchev–Trinajstić information content (AvgIpc) is 3.01. The molecular formula is C19H22N4O4. The number of nitrogens with zero attached hydrogens (tertiary/aromatic N) is 3. The molecule has 0 amide bonds. The van der Waals surface area contributed by atoms with Crippen LogP contribution in [0.4, 0.5) is 5.82 Å². The third kappa shape index (κ3) is 3.11. The molecule has 0 atom stereocenters. The number of nitrogen functional groups attached to an aromatic ring is 1. The number of nitrogens with two attached hydrogens (primary N) is 1. The molecule has 1 fully saturated rings. The Hall–Kier alpha value is -2.71. The number of hydrogen-bond acceptors (Lipinski definition) is 7. The minimum atomic E-state index is -0.708. The number of pyridine rings is 1. The van der Waals surface area contributed by atoms with E-state index in [1.807, 2.05) is 28.8 Å². The first-order chi connectivity index (χ1) is 13.0. The smallest absolute Gasteiger partial charge is 0.303 e. The standard InChI is InChI=1S/C19H22N4O4/c1-12(25)27-19(6-8-26-9-7-19)11-23-15(10-24)22-16-17(23)13-4-2-3-5-14(13)21-18(16)20/h2-5,24H,6-11H2,1H3,(H2,20,21). The number of anilines is 1. The zero-order valence-corrected chi connectivity index (χ0v) is 15.1. The molecule has 3 N–H and O–H groups in total. The Kier molecular flexibility index (Phi) is 4.45. The van der Waals surface area contributed by atoms with Crippen molar-refractivity contribution in [1.29, 1.82) is 0 Å². The van der Waals surface area contributed by atoms with Gasteiger partial charge in [0.2, 0.25) is 0 Å². The van der Waals surface area contributed by atoms with Crippen molar-refractivity contribution in [2.45, 2.75) is 38.5 Å². The van der Waals surface area contributed by atoms with Crippen LogP contribution in [0.2, 0.25) is 0 Å². The third-order valence-corrected chi connectivity index (χ3v) is 5.04. The minimum Gasteiger partial charge on any atom is -0.457 e. The predicted molar refractivity (Wildman–Crippen MR) is 99.9 cm³/mol. The predicted octanol–water partition coefficient (Wildman–Crippen LogP) is 1.77. The van der Waals surface area contributed by atoms with Crippen molar-refractivity contribution < 1.29 is 19.4 Å². The largest absolute Gasteiger partial charge is 0.457 e. The van der Waals surface area contributed by atoms with Crippen molar-refractivity contribution >= 4 is 33.7 Å². The van der Waals surface area contributed by atoms with E-state index >= 15 is 0 Å². The van der Waals surface area contributed by atoms with Gasteiger partial charge in [-0.25, -0.2) is 9.97 Å². The fraction of sp³-hybridized carbons (Fsp3) is 0.421. The zero-order valence-electron chi connectivity index (χ0n) is 15.1. The van der Waals surface area contributed by atoms with Crippen molar-refractivity contribution in [2.24, 2.45) is 0 Å². The summed E-state index contributed by atoms with van der Waals surface area (Å²) >= 11 is 0. The van der Waals surface area contributed by atoms with Crippen LogP contribution in [0.15, 0.2) is 24.3 Å². The maximum Gasteiger partial charge on any atom is 0.303 e. The highest BCUT2D eigenvalue weighted by molar-refractivity contribution is 6.06. The summed E-state index contributed by atoms with van der Waals surface area (Å²) in [4.78, 5) is 20.7. The quantitative estimate of drug-likeness (QED) is 0.673. The van der Waals surface area contributed by atoms with Gasteiger partial charge in [0.05, 0.1) is 30.8 Å². The van der Waals surface area contributed by atoms with Crippen LogP contribution in [0.3, 0.4) is 0 Å². The van der Waals surface area contributed by atoms with E-state index in [9.17, 15) is 9.90 Å². The van der Waals surface area contributed by atoms with Crippen molar-refractivity contribution in [2.75, 3.05) is 18.9 Å². The van der Waals surface area contributed by atoms with Gasteiger partial charge in [0.25, 0.3) is 0 Å². The van der Waals surface area contributed by atoms with E-state index in [0.29, 0.717) is 49.8 Å². The van der Waals surface area contributed by atoms with Crippen LogP contribution in [0.1, 0.15) is 25.6 Å². The van der Waals surface area contributed by atoms with Crippen LogP contribution >= 0.6 is 0 Å². The summed E-state index contributed by atoms with van der Waals surface area (Å²) in [5.74, 6) is 0.441. The Morgan fingerprint density at radius 1 is 1.33 bits per heavy atom. The zero-order chi connectivity index (χ0) is 19.0. The fourth-order valence-electron chi connectivity index (χ4n) is 3.82. The highest BCUT2D eigenvalue weighted by Gasteiger charge is 2.37. The fourth-order valence-corrected chi connectivity index (χ4v) is 3.82. The number of fused-ring (bicyclic) bond motifs is 3. The number of imidazole rings is 1. The van der Waals surface area contributed by atoms with Gasteiger partial charge in [-0.3, -0.25) is 4.79 Å². The van der Waals surface area contributed by atoms with Crippen LogP contribution in [0.25, 0.3) is 21.9 Å². The number of carbonyl (C=O) groups is 1. The molecular weight excluding hydrogens is 348 g/mol. The van der Waals surface area contributed by atoms with Crippen molar-refractivity contribution in [3.05, 3.63) is 30.1 Å². The summed E-state index contributed by atoms with van der Waals surface area (Å²) in [6.07, 6.45) is 1.16. The molecule has 0 aliphatic carbocycles. The summed E-state index contributed by atoms with van der Waals surface area (Å²) in [5, 5.41) is 10.8. The van der Waals surface area contributed by atoms with Crippen molar-refractivity contribution in [3.8, 4) is 0 Å². The van der Waals surface area contributed by atoms with Gasteiger partial charge in [-0.05, 0) is 6.07 Å².